The van der Waals surface area contributed by atoms with Gasteiger partial charge in [0.15, 0.2) is 0 Å². The van der Waals surface area contributed by atoms with E-state index in [1.54, 1.807) is 0 Å². The van der Waals surface area contributed by atoms with Gasteiger partial charge < -0.3 is 5.32 Å². The molecule has 1 nitrogen and oxygen atoms in total. The van der Waals surface area contributed by atoms with Gasteiger partial charge in [0.2, 0.25) is 0 Å². The summed E-state index contributed by atoms with van der Waals surface area (Å²) in [5, 5.41) is 3.36. The Labute approximate surface area is 94.0 Å². The Kier molecular flexibility index (Phi) is 14.5. The van der Waals surface area contributed by atoms with E-state index >= 15 is 0 Å². The van der Waals surface area contributed by atoms with Crippen LogP contribution in [0.1, 0.15) is 20.8 Å². The Morgan fingerprint density at radius 2 is 2.00 bits per heavy atom. The summed E-state index contributed by atoms with van der Waals surface area (Å²) in [6.45, 7) is 7.43. The molecule has 0 saturated carbocycles. The normalized spacial score (nSPS) is 23.7. The molecule has 1 fully saturated rings. The van der Waals surface area contributed by atoms with Crippen molar-refractivity contribution in [2.75, 3.05) is 18.1 Å². The van der Waals surface area contributed by atoms with E-state index < -0.39 is 0 Å². The molecule has 0 aliphatic carbocycles. The zero-order valence-corrected chi connectivity index (χ0v) is 10.8. The summed E-state index contributed by atoms with van der Waals surface area (Å²) in [6, 6.07) is 0.749. The number of hydrogen-bond acceptors (Lipinski definition) is 2. The first kappa shape index (κ1) is 14.0. The van der Waals surface area contributed by atoms with Gasteiger partial charge in [-0.1, -0.05) is 13.8 Å². The van der Waals surface area contributed by atoms with Crippen molar-refractivity contribution in [2.24, 2.45) is 0 Å². The maximum atomic E-state index is 3.36. The maximum Gasteiger partial charge on any atom is 0.0130 e. The molecule has 59 valence electrons. The quantitative estimate of drug-likeness (QED) is 0.687. The van der Waals surface area contributed by atoms with Gasteiger partial charge in [-0.25, -0.2) is 0 Å². The molecule has 0 bridgehead atoms. The van der Waals surface area contributed by atoms with Crippen molar-refractivity contribution >= 4 is 11.8 Å². The molecule has 1 heterocycles. The Hall–Kier alpha value is 1.41. The van der Waals surface area contributed by atoms with E-state index in [2.05, 4.69) is 12.2 Å². The standard InChI is InChI=1S/C5H11NS.C2H6.Y/c1-5-4-7-3-2-6-5;1-2;/h5-6H,2-4H2,1H3;1-2H3;. The maximum absolute atomic E-state index is 3.36. The van der Waals surface area contributed by atoms with Crippen molar-refractivity contribution in [1.82, 2.24) is 5.32 Å². The average molecular weight is 236 g/mol. The van der Waals surface area contributed by atoms with Crippen molar-refractivity contribution in [1.29, 1.82) is 0 Å². The van der Waals surface area contributed by atoms with Gasteiger partial charge in [-0.05, 0) is 6.92 Å². The fourth-order valence-electron chi connectivity index (χ4n) is 0.697. The molecule has 0 aromatic rings. The van der Waals surface area contributed by atoms with Gasteiger partial charge in [0, 0.05) is 56.8 Å². The summed E-state index contributed by atoms with van der Waals surface area (Å²) in [5.41, 5.74) is 0. The molecule has 1 aliphatic heterocycles. The molecular weight excluding hydrogens is 219 g/mol. The van der Waals surface area contributed by atoms with Crippen molar-refractivity contribution in [2.45, 2.75) is 26.8 Å². The number of rotatable bonds is 0. The van der Waals surface area contributed by atoms with Gasteiger partial charge in [-0.3, -0.25) is 0 Å². The van der Waals surface area contributed by atoms with Crippen LogP contribution in [0.4, 0.5) is 0 Å². The van der Waals surface area contributed by atoms with E-state index in [-0.39, 0.29) is 32.7 Å². The summed E-state index contributed by atoms with van der Waals surface area (Å²) in [5.74, 6) is 2.59. The van der Waals surface area contributed by atoms with E-state index in [1.165, 1.54) is 18.1 Å². The van der Waals surface area contributed by atoms with Crippen molar-refractivity contribution in [3.63, 3.8) is 0 Å². The Bertz CT molecular complexity index is 55.6. The van der Waals surface area contributed by atoms with Gasteiger partial charge in [0.25, 0.3) is 0 Å². The molecule has 0 aromatic carbocycles. The van der Waals surface area contributed by atoms with Gasteiger partial charge >= 0.3 is 0 Å². The number of nitrogens with one attached hydrogen (secondary N) is 1. The number of thioether (sulfide) groups is 1. The first-order valence-corrected chi connectivity index (χ1v) is 4.86. The third-order valence-electron chi connectivity index (χ3n) is 1.11. The summed E-state index contributed by atoms with van der Waals surface area (Å²) in [6.07, 6.45) is 0. The minimum atomic E-state index is 0. The molecule has 10 heavy (non-hydrogen) atoms. The predicted molar refractivity (Wildman–Crippen MR) is 46.1 cm³/mol. The summed E-state index contributed by atoms with van der Waals surface area (Å²) < 4.78 is 0. The Balaban J connectivity index is 0. The van der Waals surface area contributed by atoms with Gasteiger partial charge in [0.1, 0.15) is 0 Å². The monoisotopic (exact) mass is 236 g/mol. The number of hydrogen-bond donors (Lipinski definition) is 1. The van der Waals surface area contributed by atoms with Crippen molar-refractivity contribution < 1.29 is 32.7 Å². The largest absolute Gasteiger partial charge is 0.313 e. The van der Waals surface area contributed by atoms with E-state index in [1.807, 2.05) is 25.6 Å². The van der Waals surface area contributed by atoms with Crippen LogP contribution in [0.3, 0.4) is 0 Å². The molecule has 1 unspecified atom stereocenters. The zero-order valence-electron chi connectivity index (χ0n) is 7.18. The zero-order chi connectivity index (χ0) is 7.11. The van der Waals surface area contributed by atoms with Crippen LogP contribution in [-0.2, 0) is 32.7 Å². The van der Waals surface area contributed by atoms with Crippen LogP contribution in [0, 0.1) is 0 Å². The molecule has 3 heteroatoms. The summed E-state index contributed by atoms with van der Waals surface area (Å²) >= 11 is 2.04. The first-order valence-electron chi connectivity index (χ1n) is 3.71. The second-order valence-electron chi connectivity index (χ2n) is 1.93. The molecule has 1 aliphatic rings. The molecule has 1 atom stereocenters. The van der Waals surface area contributed by atoms with Gasteiger partial charge in [-0.15, -0.1) is 0 Å². The molecule has 1 N–H and O–H groups in total. The van der Waals surface area contributed by atoms with E-state index in [0.29, 0.717) is 0 Å². The molecule has 0 spiro atoms. The molecule has 1 radical (unpaired) electrons. The van der Waals surface area contributed by atoms with Crippen molar-refractivity contribution in [3.05, 3.63) is 0 Å². The van der Waals surface area contributed by atoms with Crippen LogP contribution in [0.25, 0.3) is 0 Å². The van der Waals surface area contributed by atoms with E-state index in [4.69, 9.17) is 0 Å². The molecule has 1 saturated heterocycles. The van der Waals surface area contributed by atoms with Gasteiger partial charge in [0.05, 0.1) is 0 Å². The minimum absolute atomic E-state index is 0. The third kappa shape index (κ3) is 7.52. The molecule has 0 amide bonds. The Morgan fingerprint density at radius 1 is 1.40 bits per heavy atom. The van der Waals surface area contributed by atoms with Crippen LogP contribution in [0.5, 0.6) is 0 Å². The minimum Gasteiger partial charge on any atom is -0.313 e. The molecular formula is C7H17NSY. The second kappa shape index (κ2) is 10.4. The van der Waals surface area contributed by atoms with Crippen LogP contribution in [0.2, 0.25) is 0 Å². The second-order valence-corrected chi connectivity index (χ2v) is 3.08. The van der Waals surface area contributed by atoms with E-state index in [0.717, 1.165) is 6.04 Å². The van der Waals surface area contributed by atoms with E-state index in [9.17, 15) is 0 Å². The third-order valence-corrected chi connectivity index (χ3v) is 2.34. The molecule has 0 aromatic heterocycles. The first-order chi connectivity index (χ1) is 4.39. The Morgan fingerprint density at radius 3 is 2.20 bits per heavy atom. The van der Waals surface area contributed by atoms with Crippen molar-refractivity contribution in [3.8, 4) is 0 Å². The fourth-order valence-corrected chi connectivity index (χ4v) is 1.60. The summed E-state index contributed by atoms with van der Waals surface area (Å²) in [7, 11) is 0. The van der Waals surface area contributed by atoms with Crippen LogP contribution in [0.15, 0.2) is 0 Å². The predicted octanol–water partition coefficient (Wildman–Crippen LogP) is 1.73. The smallest absolute Gasteiger partial charge is 0.0130 e. The topological polar surface area (TPSA) is 12.0 Å². The van der Waals surface area contributed by atoms with Crippen LogP contribution < -0.4 is 5.32 Å². The van der Waals surface area contributed by atoms with Crippen LogP contribution >= 0.6 is 11.8 Å². The van der Waals surface area contributed by atoms with Gasteiger partial charge in [-0.2, -0.15) is 11.8 Å². The molecule has 1 rings (SSSR count). The van der Waals surface area contributed by atoms with Crippen LogP contribution in [-0.4, -0.2) is 24.1 Å². The average Bonchev–Trinajstić information content (AvgIpc) is 1.94. The summed E-state index contributed by atoms with van der Waals surface area (Å²) in [4.78, 5) is 0. The SMILES string of the molecule is CC.CC1CSCCN1.[Y]. The fraction of sp³-hybridized carbons (Fsp3) is 1.00.